The molecule has 6 aliphatic rings. The zero-order valence-electron chi connectivity index (χ0n) is 16.4. The second-order valence-corrected chi connectivity index (χ2v) is 10.3. The van der Waals surface area contributed by atoms with Gasteiger partial charge < -0.3 is 10.2 Å². The lowest BCUT2D eigenvalue weighted by molar-refractivity contribution is -0.383. The number of rotatable bonds is 5. The number of hydrogen-bond acceptors (Lipinski definition) is 5. The minimum Gasteiger partial charge on any atom is -0.368 e. The molecular formula is C22H26N4O3. The maximum atomic E-state index is 12.8. The van der Waals surface area contributed by atoms with Crippen molar-refractivity contribution in [3.8, 4) is 0 Å². The molecule has 2 saturated heterocycles. The first-order valence-electron chi connectivity index (χ1n) is 11.2. The van der Waals surface area contributed by atoms with Gasteiger partial charge in [0.05, 0.1) is 11.5 Å². The summed E-state index contributed by atoms with van der Waals surface area (Å²) in [5.74, 6) is 4.90. The van der Waals surface area contributed by atoms with Crippen molar-refractivity contribution >= 4 is 23.0 Å². The average Bonchev–Trinajstić information content (AvgIpc) is 3.53. The van der Waals surface area contributed by atoms with Crippen LogP contribution < -0.4 is 10.2 Å². The van der Waals surface area contributed by atoms with Crippen molar-refractivity contribution in [1.82, 2.24) is 4.90 Å². The summed E-state index contributed by atoms with van der Waals surface area (Å²) in [6, 6.07) is 6.40. The van der Waals surface area contributed by atoms with Gasteiger partial charge in [0, 0.05) is 36.9 Å². The Hall–Kier alpha value is -2.15. The summed E-state index contributed by atoms with van der Waals surface area (Å²) >= 11 is 0. The number of amides is 1. The van der Waals surface area contributed by atoms with Crippen LogP contribution in [-0.4, -0.2) is 47.4 Å². The number of nitrogens with zero attached hydrogens (tertiary/aromatic N) is 3. The van der Waals surface area contributed by atoms with Crippen molar-refractivity contribution in [3.05, 3.63) is 28.3 Å². The number of likely N-dealkylation sites (tertiary alicyclic amines) is 1. The van der Waals surface area contributed by atoms with E-state index in [0.717, 1.165) is 54.3 Å². The fraction of sp³-hybridized carbons (Fsp3) is 0.682. The molecule has 1 amide bonds. The number of carbonyl (C=O) groups is 1. The van der Waals surface area contributed by atoms with Crippen LogP contribution in [0.1, 0.15) is 25.7 Å². The van der Waals surface area contributed by atoms with Gasteiger partial charge in [0.1, 0.15) is 5.69 Å². The van der Waals surface area contributed by atoms with Crippen LogP contribution in [0.2, 0.25) is 0 Å². The van der Waals surface area contributed by atoms with Crippen molar-refractivity contribution in [2.24, 2.45) is 35.5 Å². The Morgan fingerprint density at radius 1 is 1.03 bits per heavy atom. The van der Waals surface area contributed by atoms with Gasteiger partial charge >= 0.3 is 0 Å². The number of piperidine rings is 2. The Morgan fingerprint density at radius 2 is 1.76 bits per heavy atom. The predicted octanol–water partition coefficient (Wildman–Crippen LogP) is 2.72. The van der Waals surface area contributed by atoms with Gasteiger partial charge in [0.2, 0.25) is 5.91 Å². The van der Waals surface area contributed by atoms with E-state index in [9.17, 15) is 14.9 Å². The van der Waals surface area contributed by atoms with E-state index in [1.54, 1.807) is 6.07 Å². The first-order chi connectivity index (χ1) is 14.1. The van der Waals surface area contributed by atoms with Crippen molar-refractivity contribution in [2.75, 3.05) is 29.9 Å². The molecule has 0 spiro atoms. The van der Waals surface area contributed by atoms with Gasteiger partial charge in [-0.1, -0.05) is 0 Å². The number of nitro groups is 1. The van der Waals surface area contributed by atoms with E-state index in [1.165, 1.54) is 25.7 Å². The molecule has 7 nitrogen and oxygen atoms in total. The van der Waals surface area contributed by atoms with Crippen LogP contribution >= 0.6 is 0 Å². The monoisotopic (exact) mass is 394 g/mol. The number of nitro benzene ring substituents is 1. The molecule has 4 saturated carbocycles. The molecule has 1 N–H and O–H groups in total. The Labute approximate surface area is 169 Å². The third kappa shape index (κ3) is 2.37. The summed E-state index contributed by atoms with van der Waals surface area (Å²) in [5.41, 5.74) is 1.35. The standard InChI is InChI=1S/C22H26N4O3/c27-22(10-24-8-11-3-20(24)16-6-14(11)16)23-18-5-13(1-2-19(18)26(28)29)25-9-12-4-21(25)17-7-15(12)17/h1-2,5,11-12,14-17,20-21H,3-4,6-10H2,(H,23,27)/t11-,12-,14-,15-,16-,17-,20-,21-/m0/s1. The van der Waals surface area contributed by atoms with E-state index < -0.39 is 0 Å². The van der Waals surface area contributed by atoms with Crippen LogP contribution in [0.4, 0.5) is 17.1 Å². The first-order valence-corrected chi connectivity index (χ1v) is 11.2. The van der Waals surface area contributed by atoms with Gasteiger partial charge in [-0.2, -0.15) is 0 Å². The molecule has 2 heterocycles. The van der Waals surface area contributed by atoms with E-state index in [-0.39, 0.29) is 16.5 Å². The van der Waals surface area contributed by atoms with Crippen molar-refractivity contribution in [1.29, 1.82) is 0 Å². The maximum Gasteiger partial charge on any atom is 0.292 e. The van der Waals surface area contributed by atoms with E-state index >= 15 is 0 Å². The van der Waals surface area contributed by atoms with E-state index in [1.807, 2.05) is 12.1 Å². The zero-order valence-corrected chi connectivity index (χ0v) is 16.4. The normalized spacial score (nSPS) is 42.7. The van der Waals surface area contributed by atoms with Crippen molar-refractivity contribution in [2.45, 2.75) is 37.8 Å². The molecule has 4 bridgehead atoms. The molecule has 6 fully saturated rings. The number of anilines is 2. The number of benzene rings is 1. The quantitative estimate of drug-likeness (QED) is 0.614. The zero-order chi connectivity index (χ0) is 19.4. The van der Waals surface area contributed by atoms with Gasteiger partial charge in [0.15, 0.2) is 0 Å². The minimum absolute atomic E-state index is 0.0130. The molecule has 152 valence electrons. The Kier molecular flexibility index (Phi) is 3.16. The lowest BCUT2D eigenvalue weighted by atomic mass is 10.1. The summed E-state index contributed by atoms with van der Waals surface area (Å²) in [6.45, 7) is 2.42. The maximum absolute atomic E-state index is 12.8. The lowest BCUT2D eigenvalue weighted by Crippen LogP contribution is -2.40. The number of nitrogens with one attached hydrogen (secondary N) is 1. The van der Waals surface area contributed by atoms with E-state index in [4.69, 9.17) is 0 Å². The largest absolute Gasteiger partial charge is 0.368 e. The SMILES string of the molecule is O=C(CN1C[C@@H]2C[C@H]1[C@H]1C[C@@H]21)Nc1cc(N2C[C@@H]3C[C@H]2[C@H]2C[C@@H]32)ccc1[N+](=O)[O-]. The first kappa shape index (κ1) is 16.6. The van der Waals surface area contributed by atoms with Gasteiger partial charge in [-0.3, -0.25) is 19.8 Å². The molecule has 8 atom stereocenters. The third-order valence-corrected chi connectivity index (χ3v) is 8.97. The molecule has 0 unspecified atom stereocenters. The molecular weight excluding hydrogens is 368 g/mol. The summed E-state index contributed by atoms with van der Waals surface area (Å²) < 4.78 is 0. The highest BCUT2D eigenvalue weighted by molar-refractivity contribution is 5.95. The lowest BCUT2D eigenvalue weighted by Gasteiger charge is -2.29. The molecule has 4 aliphatic carbocycles. The molecule has 7 heteroatoms. The Bertz CT molecular complexity index is 935. The number of fused-ring (bicyclic) bond motifs is 10. The Balaban J connectivity index is 1.10. The fourth-order valence-corrected chi connectivity index (χ4v) is 7.60. The summed E-state index contributed by atoms with van der Waals surface area (Å²) in [5, 5.41) is 14.4. The minimum atomic E-state index is -0.390. The highest BCUT2D eigenvalue weighted by Crippen LogP contribution is 2.62. The van der Waals surface area contributed by atoms with Crippen molar-refractivity contribution < 1.29 is 9.72 Å². The number of hydrogen-bond donors (Lipinski definition) is 1. The summed E-state index contributed by atoms with van der Waals surface area (Å²) in [6.07, 6.45) is 5.18. The Morgan fingerprint density at radius 3 is 2.41 bits per heavy atom. The van der Waals surface area contributed by atoms with Gasteiger partial charge in [-0.25, -0.2) is 0 Å². The third-order valence-electron chi connectivity index (χ3n) is 8.97. The van der Waals surface area contributed by atoms with Gasteiger partial charge in [0.25, 0.3) is 5.69 Å². The molecule has 7 rings (SSSR count). The fourth-order valence-electron chi connectivity index (χ4n) is 7.60. The molecule has 0 aromatic heterocycles. The molecule has 2 aliphatic heterocycles. The van der Waals surface area contributed by atoms with Gasteiger partial charge in [-0.05, 0) is 73.3 Å². The van der Waals surface area contributed by atoms with Crippen LogP contribution in [0.15, 0.2) is 18.2 Å². The highest BCUT2D eigenvalue weighted by Gasteiger charge is 2.61. The molecule has 1 aromatic carbocycles. The van der Waals surface area contributed by atoms with Crippen LogP contribution in [0.25, 0.3) is 0 Å². The van der Waals surface area contributed by atoms with Gasteiger partial charge in [-0.15, -0.1) is 0 Å². The molecule has 29 heavy (non-hydrogen) atoms. The highest BCUT2D eigenvalue weighted by atomic mass is 16.6. The van der Waals surface area contributed by atoms with Crippen LogP contribution in [0.5, 0.6) is 0 Å². The van der Waals surface area contributed by atoms with Crippen LogP contribution in [0.3, 0.4) is 0 Å². The average molecular weight is 394 g/mol. The summed E-state index contributed by atoms with van der Waals surface area (Å²) in [4.78, 5) is 28.7. The van der Waals surface area contributed by atoms with E-state index in [2.05, 4.69) is 15.1 Å². The van der Waals surface area contributed by atoms with Crippen LogP contribution in [-0.2, 0) is 4.79 Å². The number of carbonyl (C=O) groups excluding carboxylic acids is 1. The molecule has 0 radical (unpaired) electrons. The summed E-state index contributed by atoms with van der Waals surface area (Å²) in [7, 11) is 0. The second kappa shape index (κ2) is 5.50. The van der Waals surface area contributed by atoms with E-state index in [0.29, 0.717) is 24.3 Å². The smallest absolute Gasteiger partial charge is 0.292 e. The molecule has 1 aromatic rings. The van der Waals surface area contributed by atoms with Crippen molar-refractivity contribution in [3.63, 3.8) is 0 Å². The topological polar surface area (TPSA) is 78.7 Å². The predicted molar refractivity (Wildman–Crippen MR) is 108 cm³/mol. The second-order valence-electron chi connectivity index (χ2n) is 10.3. The van der Waals surface area contributed by atoms with Crippen LogP contribution in [0, 0.1) is 45.6 Å².